The van der Waals surface area contributed by atoms with Crippen LogP contribution in [0.25, 0.3) is 0 Å². The summed E-state index contributed by atoms with van der Waals surface area (Å²) in [5.74, 6) is 0.771. The fourth-order valence-electron chi connectivity index (χ4n) is 1.48. The predicted molar refractivity (Wildman–Crippen MR) is 68.9 cm³/mol. The van der Waals surface area contributed by atoms with E-state index in [1.54, 1.807) is 12.1 Å². The van der Waals surface area contributed by atoms with Gasteiger partial charge in [0.05, 0.1) is 12.7 Å². The van der Waals surface area contributed by atoms with Crippen LogP contribution in [0.2, 0.25) is 0 Å². The molecule has 102 valence electrons. The average molecular weight is 282 g/mol. The smallest absolute Gasteiger partial charge is 0.244 e. The lowest BCUT2D eigenvalue weighted by Gasteiger charge is -2.10. The molecule has 0 spiro atoms. The molecule has 0 unspecified atom stereocenters. The summed E-state index contributed by atoms with van der Waals surface area (Å²) in [5.41, 5.74) is 0. The summed E-state index contributed by atoms with van der Waals surface area (Å²) < 4.78 is 31.6. The lowest BCUT2D eigenvalue weighted by molar-refractivity contribution is 0.380. The fourth-order valence-corrected chi connectivity index (χ4v) is 2.61. The van der Waals surface area contributed by atoms with Crippen LogP contribution in [0.3, 0.4) is 0 Å². The number of sulfonamides is 1. The lowest BCUT2D eigenvalue weighted by Crippen LogP contribution is -2.24. The Bertz CT molecular complexity index is 625. The number of pyridine rings is 1. The third kappa shape index (κ3) is 3.30. The molecule has 0 aliphatic carbocycles. The van der Waals surface area contributed by atoms with Crippen molar-refractivity contribution in [3.05, 3.63) is 36.4 Å². The van der Waals surface area contributed by atoms with Crippen LogP contribution in [-0.4, -0.2) is 25.1 Å². The number of anilines is 1. The highest BCUT2D eigenvalue weighted by atomic mass is 32.2. The van der Waals surface area contributed by atoms with Gasteiger partial charge < -0.3 is 9.84 Å². The maximum atomic E-state index is 12.2. The van der Waals surface area contributed by atoms with Gasteiger partial charge in [0.2, 0.25) is 10.0 Å². The Morgan fingerprint density at radius 2 is 2.16 bits per heavy atom. The molecule has 2 aromatic rings. The van der Waals surface area contributed by atoms with E-state index in [1.807, 2.05) is 6.92 Å². The van der Waals surface area contributed by atoms with Gasteiger partial charge in [0.25, 0.3) is 0 Å². The first-order chi connectivity index (χ1) is 9.13. The molecular weight excluding hydrogens is 268 g/mol. The van der Waals surface area contributed by atoms with E-state index in [0.29, 0.717) is 18.1 Å². The molecule has 0 amide bonds. The topological polar surface area (TPSA) is 97.1 Å². The van der Waals surface area contributed by atoms with Crippen LogP contribution in [0, 0.1) is 0 Å². The zero-order valence-electron chi connectivity index (χ0n) is 10.3. The van der Waals surface area contributed by atoms with Crippen molar-refractivity contribution < 1.29 is 12.9 Å². The predicted octanol–water partition coefficient (Wildman–Crippen LogP) is 0.980. The molecular formula is C11H14N4O3S. The summed E-state index contributed by atoms with van der Waals surface area (Å²) in [6.07, 6.45) is 2.99. The van der Waals surface area contributed by atoms with E-state index < -0.39 is 10.0 Å². The van der Waals surface area contributed by atoms with Gasteiger partial charge in [0.1, 0.15) is 10.7 Å². The Morgan fingerprint density at radius 3 is 2.84 bits per heavy atom. The molecule has 0 fully saturated rings. The van der Waals surface area contributed by atoms with Gasteiger partial charge in [0.15, 0.2) is 5.76 Å². The number of hydrogen-bond acceptors (Lipinski definition) is 6. The van der Waals surface area contributed by atoms with Crippen LogP contribution in [0.4, 0.5) is 5.82 Å². The molecule has 0 bridgehead atoms. The standard InChI is InChI=1S/C11H14N4O3S/c1-2-12-11-10(4-3-6-13-11)19(16,17)15-8-9-5-7-14-18-9/h3-7,15H,2,8H2,1H3,(H,12,13). The summed E-state index contributed by atoms with van der Waals surface area (Å²) in [5, 5.41) is 6.42. The van der Waals surface area contributed by atoms with E-state index in [0.717, 1.165) is 0 Å². The average Bonchev–Trinajstić information content (AvgIpc) is 2.91. The fraction of sp³-hybridized carbons (Fsp3) is 0.273. The van der Waals surface area contributed by atoms with Crippen LogP contribution in [0.5, 0.6) is 0 Å². The van der Waals surface area contributed by atoms with E-state index in [4.69, 9.17) is 4.52 Å². The minimum atomic E-state index is -3.65. The second-order valence-corrected chi connectivity index (χ2v) is 5.42. The van der Waals surface area contributed by atoms with Crippen molar-refractivity contribution in [1.29, 1.82) is 0 Å². The molecule has 8 heteroatoms. The molecule has 0 saturated heterocycles. The van der Waals surface area contributed by atoms with E-state index in [9.17, 15) is 8.42 Å². The van der Waals surface area contributed by atoms with Crippen molar-refractivity contribution in [2.75, 3.05) is 11.9 Å². The normalized spacial score (nSPS) is 11.4. The molecule has 2 N–H and O–H groups in total. The number of aromatic nitrogens is 2. The van der Waals surface area contributed by atoms with Crippen molar-refractivity contribution in [2.24, 2.45) is 0 Å². The second kappa shape index (κ2) is 5.81. The first kappa shape index (κ1) is 13.5. The van der Waals surface area contributed by atoms with Crippen LogP contribution in [-0.2, 0) is 16.6 Å². The highest BCUT2D eigenvalue weighted by molar-refractivity contribution is 7.89. The lowest BCUT2D eigenvalue weighted by atomic mass is 10.4. The van der Waals surface area contributed by atoms with Crippen molar-refractivity contribution in [1.82, 2.24) is 14.9 Å². The van der Waals surface area contributed by atoms with Gasteiger partial charge in [-0.25, -0.2) is 18.1 Å². The van der Waals surface area contributed by atoms with E-state index in [2.05, 4.69) is 20.2 Å². The SMILES string of the molecule is CCNc1ncccc1S(=O)(=O)NCc1ccno1. The molecule has 2 heterocycles. The highest BCUT2D eigenvalue weighted by Crippen LogP contribution is 2.17. The Labute approximate surface area is 111 Å². The summed E-state index contributed by atoms with van der Waals surface area (Å²) in [7, 11) is -3.65. The maximum Gasteiger partial charge on any atom is 0.244 e. The highest BCUT2D eigenvalue weighted by Gasteiger charge is 2.19. The largest absolute Gasteiger partial charge is 0.369 e. The van der Waals surface area contributed by atoms with Gasteiger partial charge >= 0.3 is 0 Å². The molecule has 0 aromatic carbocycles. The van der Waals surface area contributed by atoms with E-state index in [-0.39, 0.29) is 11.4 Å². The minimum absolute atomic E-state index is 0.0444. The van der Waals surface area contributed by atoms with Gasteiger partial charge in [-0.05, 0) is 19.1 Å². The van der Waals surface area contributed by atoms with E-state index in [1.165, 1.54) is 18.5 Å². The van der Waals surface area contributed by atoms with E-state index >= 15 is 0 Å². The zero-order valence-corrected chi connectivity index (χ0v) is 11.1. The molecule has 0 atom stereocenters. The Balaban J connectivity index is 2.19. The maximum absolute atomic E-state index is 12.2. The van der Waals surface area contributed by atoms with Gasteiger partial charge in [-0.1, -0.05) is 5.16 Å². The Hall–Kier alpha value is -1.93. The Kier molecular flexibility index (Phi) is 4.13. The molecule has 2 aromatic heterocycles. The van der Waals surface area contributed by atoms with Crippen LogP contribution in [0.15, 0.2) is 40.0 Å². The van der Waals surface area contributed by atoms with Crippen molar-refractivity contribution in [3.8, 4) is 0 Å². The molecule has 19 heavy (non-hydrogen) atoms. The van der Waals surface area contributed by atoms with Crippen LogP contribution in [0.1, 0.15) is 12.7 Å². The molecule has 0 saturated carbocycles. The number of rotatable bonds is 6. The molecule has 0 radical (unpaired) electrons. The second-order valence-electron chi connectivity index (χ2n) is 3.68. The van der Waals surface area contributed by atoms with Gasteiger partial charge in [-0.3, -0.25) is 0 Å². The molecule has 0 aliphatic rings. The van der Waals surface area contributed by atoms with Crippen molar-refractivity contribution in [3.63, 3.8) is 0 Å². The quantitative estimate of drug-likeness (QED) is 0.819. The minimum Gasteiger partial charge on any atom is -0.369 e. The Morgan fingerprint density at radius 1 is 1.32 bits per heavy atom. The number of nitrogens with zero attached hydrogens (tertiary/aromatic N) is 2. The summed E-state index contributed by atoms with van der Waals surface area (Å²) in [6.45, 7) is 2.50. The van der Waals surface area contributed by atoms with Crippen molar-refractivity contribution >= 4 is 15.8 Å². The van der Waals surface area contributed by atoms with Gasteiger partial charge in [-0.15, -0.1) is 0 Å². The van der Waals surface area contributed by atoms with Crippen LogP contribution < -0.4 is 10.0 Å². The third-order valence-corrected chi connectivity index (χ3v) is 3.76. The first-order valence-electron chi connectivity index (χ1n) is 5.71. The molecule has 2 rings (SSSR count). The summed E-state index contributed by atoms with van der Waals surface area (Å²) >= 11 is 0. The first-order valence-corrected chi connectivity index (χ1v) is 7.20. The molecule has 7 nitrogen and oxygen atoms in total. The number of hydrogen-bond donors (Lipinski definition) is 2. The molecule has 0 aliphatic heterocycles. The van der Waals surface area contributed by atoms with Gasteiger partial charge in [-0.2, -0.15) is 0 Å². The number of nitrogens with one attached hydrogen (secondary N) is 2. The monoisotopic (exact) mass is 282 g/mol. The third-order valence-electron chi connectivity index (χ3n) is 2.33. The van der Waals surface area contributed by atoms with Gasteiger partial charge in [0, 0.05) is 18.8 Å². The van der Waals surface area contributed by atoms with Crippen LogP contribution >= 0.6 is 0 Å². The van der Waals surface area contributed by atoms with Crippen molar-refractivity contribution in [2.45, 2.75) is 18.4 Å². The summed E-state index contributed by atoms with van der Waals surface area (Å²) in [6, 6.07) is 4.66. The zero-order chi connectivity index (χ0) is 13.7. The summed E-state index contributed by atoms with van der Waals surface area (Å²) in [4.78, 5) is 4.12.